The van der Waals surface area contributed by atoms with Gasteiger partial charge in [0.2, 0.25) is 0 Å². The smallest absolute Gasteiger partial charge is 0.182 e. The number of anilines is 1. The molecule has 0 aliphatic carbocycles. The average Bonchev–Trinajstić information content (AvgIpc) is 2.35. The first kappa shape index (κ1) is 14.6. The lowest BCUT2D eigenvalue weighted by atomic mass is 10.2. The Morgan fingerprint density at radius 3 is 2.42 bits per heavy atom. The van der Waals surface area contributed by atoms with Gasteiger partial charge in [0.15, 0.2) is 9.84 Å². The third-order valence-corrected chi connectivity index (χ3v) is 5.73. The minimum Gasteiger partial charge on any atom is -0.398 e. The van der Waals surface area contributed by atoms with Crippen LogP contribution in [0.4, 0.5) is 5.69 Å². The van der Waals surface area contributed by atoms with Crippen molar-refractivity contribution in [1.29, 1.82) is 0 Å². The zero-order chi connectivity index (χ0) is 14.0. The molecule has 2 rings (SSSR count). The zero-order valence-electron chi connectivity index (χ0n) is 9.81. The van der Waals surface area contributed by atoms with Crippen LogP contribution in [-0.4, -0.2) is 8.42 Å². The van der Waals surface area contributed by atoms with Crippen molar-refractivity contribution in [3.8, 4) is 0 Å². The van der Waals surface area contributed by atoms with Gasteiger partial charge in [-0.15, -0.1) is 0 Å². The Bertz CT molecular complexity index is 714. The van der Waals surface area contributed by atoms with E-state index in [-0.39, 0.29) is 10.6 Å². The minimum absolute atomic E-state index is 0.0882. The number of rotatable bonds is 3. The van der Waals surface area contributed by atoms with Crippen molar-refractivity contribution in [2.75, 3.05) is 5.73 Å². The van der Waals surface area contributed by atoms with Crippen molar-refractivity contribution in [3.05, 3.63) is 57.0 Å². The van der Waals surface area contributed by atoms with Crippen molar-refractivity contribution >= 4 is 47.4 Å². The molecule has 0 unspecified atom stereocenters. The molecule has 0 radical (unpaired) electrons. The maximum atomic E-state index is 12.3. The van der Waals surface area contributed by atoms with Crippen LogP contribution < -0.4 is 5.73 Å². The number of benzene rings is 2. The molecule has 100 valence electrons. The summed E-state index contributed by atoms with van der Waals surface area (Å²) in [5, 5.41) is 0. The van der Waals surface area contributed by atoms with Gasteiger partial charge in [-0.05, 0) is 45.8 Å². The van der Waals surface area contributed by atoms with E-state index in [1.807, 2.05) is 0 Å². The first-order chi connectivity index (χ1) is 8.90. The number of hydrogen-bond donors (Lipinski definition) is 1. The van der Waals surface area contributed by atoms with E-state index in [2.05, 4.69) is 31.9 Å². The lowest BCUT2D eigenvalue weighted by Gasteiger charge is -2.08. The summed E-state index contributed by atoms with van der Waals surface area (Å²) < 4.78 is 26.0. The van der Waals surface area contributed by atoms with Crippen molar-refractivity contribution in [3.63, 3.8) is 0 Å². The van der Waals surface area contributed by atoms with E-state index in [1.54, 1.807) is 42.5 Å². The molecular formula is C13H11Br2NO2S. The lowest BCUT2D eigenvalue weighted by molar-refractivity contribution is 0.595. The zero-order valence-corrected chi connectivity index (χ0v) is 13.8. The Kier molecular flexibility index (Phi) is 4.32. The molecule has 2 aromatic rings. The highest BCUT2D eigenvalue weighted by molar-refractivity contribution is 9.11. The predicted molar refractivity (Wildman–Crippen MR) is 83.6 cm³/mol. The van der Waals surface area contributed by atoms with E-state index >= 15 is 0 Å². The van der Waals surface area contributed by atoms with Gasteiger partial charge in [-0.1, -0.05) is 34.1 Å². The van der Waals surface area contributed by atoms with Crippen LogP contribution in [0.2, 0.25) is 0 Å². The van der Waals surface area contributed by atoms with Gasteiger partial charge in [-0.3, -0.25) is 0 Å². The molecular weight excluding hydrogens is 394 g/mol. The molecule has 2 aromatic carbocycles. The van der Waals surface area contributed by atoms with Crippen molar-refractivity contribution in [2.24, 2.45) is 0 Å². The first-order valence-corrected chi connectivity index (χ1v) is 8.65. The van der Waals surface area contributed by atoms with Gasteiger partial charge < -0.3 is 5.73 Å². The highest BCUT2D eigenvalue weighted by atomic mass is 79.9. The van der Waals surface area contributed by atoms with Crippen LogP contribution in [0.25, 0.3) is 0 Å². The number of nitrogens with two attached hydrogens (primary N) is 1. The van der Waals surface area contributed by atoms with E-state index in [9.17, 15) is 8.42 Å². The van der Waals surface area contributed by atoms with E-state index in [0.717, 1.165) is 4.47 Å². The average molecular weight is 405 g/mol. The number of sulfone groups is 1. The van der Waals surface area contributed by atoms with Crippen LogP contribution in [0.1, 0.15) is 5.56 Å². The summed E-state index contributed by atoms with van der Waals surface area (Å²) in [4.78, 5) is 0.288. The highest BCUT2D eigenvalue weighted by Crippen LogP contribution is 2.28. The number of hydrogen-bond acceptors (Lipinski definition) is 3. The first-order valence-electron chi connectivity index (χ1n) is 5.41. The van der Waals surface area contributed by atoms with Crippen molar-refractivity contribution in [2.45, 2.75) is 10.6 Å². The summed E-state index contributed by atoms with van der Waals surface area (Å²) in [7, 11) is -3.39. The Balaban J connectivity index is 2.39. The Morgan fingerprint density at radius 1 is 1.05 bits per heavy atom. The Morgan fingerprint density at radius 2 is 1.74 bits per heavy atom. The highest BCUT2D eigenvalue weighted by Gasteiger charge is 2.17. The molecule has 0 amide bonds. The molecule has 0 saturated heterocycles. The SMILES string of the molecule is Nc1cccc(CS(=O)(=O)c2cccc(Br)c2)c1Br. The maximum absolute atomic E-state index is 12.3. The standard InChI is InChI=1S/C13H11Br2NO2S/c14-10-4-2-5-11(7-10)19(17,18)8-9-3-1-6-12(16)13(9)15/h1-7H,8,16H2. The minimum atomic E-state index is -3.39. The predicted octanol–water partition coefficient (Wildman–Crippen LogP) is 3.77. The fraction of sp³-hybridized carbons (Fsp3) is 0.0769. The molecule has 0 bridgehead atoms. The quantitative estimate of drug-likeness (QED) is 0.792. The Labute approximate surface area is 129 Å². The molecule has 0 aliphatic heterocycles. The van der Waals surface area contributed by atoms with E-state index in [0.29, 0.717) is 15.7 Å². The van der Waals surface area contributed by atoms with E-state index < -0.39 is 9.84 Å². The molecule has 3 nitrogen and oxygen atoms in total. The summed E-state index contributed by atoms with van der Waals surface area (Å²) in [6, 6.07) is 11.9. The molecule has 0 aliphatic rings. The van der Waals surface area contributed by atoms with E-state index in [4.69, 9.17) is 5.73 Å². The van der Waals surface area contributed by atoms with Crippen LogP contribution in [0.15, 0.2) is 56.3 Å². The number of nitrogen functional groups attached to an aromatic ring is 1. The van der Waals surface area contributed by atoms with Gasteiger partial charge in [-0.25, -0.2) is 8.42 Å². The second-order valence-electron chi connectivity index (χ2n) is 4.04. The van der Waals surface area contributed by atoms with Gasteiger partial charge in [-0.2, -0.15) is 0 Å². The fourth-order valence-corrected chi connectivity index (χ4v) is 4.21. The third kappa shape index (κ3) is 3.38. The van der Waals surface area contributed by atoms with Crippen LogP contribution in [-0.2, 0) is 15.6 Å². The largest absolute Gasteiger partial charge is 0.398 e. The maximum Gasteiger partial charge on any atom is 0.182 e. The monoisotopic (exact) mass is 403 g/mol. The summed E-state index contributed by atoms with van der Waals surface area (Å²) in [6.07, 6.45) is 0. The molecule has 0 fully saturated rings. The van der Waals surface area contributed by atoms with Crippen molar-refractivity contribution in [1.82, 2.24) is 0 Å². The molecule has 2 N–H and O–H groups in total. The summed E-state index contributed by atoms with van der Waals surface area (Å²) in [5.41, 5.74) is 6.94. The van der Waals surface area contributed by atoms with Crippen LogP contribution in [0, 0.1) is 0 Å². The van der Waals surface area contributed by atoms with Crippen molar-refractivity contribution < 1.29 is 8.42 Å². The van der Waals surface area contributed by atoms with Gasteiger partial charge in [0.1, 0.15) is 0 Å². The lowest BCUT2D eigenvalue weighted by Crippen LogP contribution is -2.06. The fourth-order valence-electron chi connectivity index (χ4n) is 1.66. The Hall–Kier alpha value is -0.850. The molecule has 19 heavy (non-hydrogen) atoms. The van der Waals surface area contributed by atoms with Crippen LogP contribution in [0.3, 0.4) is 0 Å². The second kappa shape index (κ2) is 5.64. The molecule has 0 saturated carbocycles. The molecule has 0 aromatic heterocycles. The molecule has 6 heteroatoms. The van der Waals surface area contributed by atoms with Gasteiger partial charge in [0.25, 0.3) is 0 Å². The summed E-state index contributed by atoms with van der Waals surface area (Å²) in [5.74, 6) is -0.0882. The molecule has 0 heterocycles. The van der Waals surface area contributed by atoms with E-state index in [1.165, 1.54) is 0 Å². The molecule has 0 spiro atoms. The van der Waals surface area contributed by atoms with Crippen LogP contribution in [0.5, 0.6) is 0 Å². The summed E-state index contributed by atoms with van der Waals surface area (Å²) >= 11 is 6.59. The van der Waals surface area contributed by atoms with Gasteiger partial charge >= 0.3 is 0 Å². The number of halogens is 2. The van der Waals surface area contributed by atoms with Crippen LogP contribution >= 0.6 is 31.9 Å². The third-order valence-electron chi connectivity index (χ3n) is 2.61. The summed E-state index contributed by atoms with van der Waals surface area (Å²) in [6.45, 7) is 0. The normalized spacial score (nSPS) is 11.5. The van der Waals surface area contributed by atoms with Gasteiger partial charge in [0, 0.05) is 14.6 Å². The second-order valence-corrected chi connectivity index (χ2v) is 7.74. The van der Waals surface area contributed by atoms with Gasteiger partial charge in [0.05, 0.1) is 10.6 Å². The molecule has 0 atom stereocenters. The topological polar surface area (TPSA) is 60.2 Å².